The highest BCUT2D eigenvalue weighted by Crippen LogP contribution is 2.31. The molecule has 1 aliphatic rings. The van der Waals surface area contributed by atoms with Crippen LogP contribution in [-0.4, -0.2) is 37.9 Å². The summed E-state index contributed by atoms with van der Waals surface area (Å²) >= 11 is 0. The molecule has 0 amide bonds. The second-order valence-electron chi connectivity index (χ2n) is 6.88. The van der Waals surface area contributed by atoms with Crippen molar-refractivity contribution < 1.29 is 33.3 Å². The molecule has 0 saturated heterocycles. The van der Waals surface area contributed by atoms with Crippen molar-refractivity contribution in [1.82, 2.24) is 0 Å². The van der Waals surface area contributed by atoms with Crippen molar-refractivity contribution in [3.8, 4) is 17.2 Å². The molecule has 0 atom stereocenters. The maximum absolute atomic E-state index is 12.5. The summed E-state index contributed by atoms with van der Waals surface area (Å²) in [5.41, 5.74) is 1.56. The summed E-state index contributed by atoms with van der Waals surface area (Å²) in [6.07, 6.45) is 0.745. The molecule has 0 unspecified atom stereocenters. The number of rotatable bonds is 8. The third-order valence-electron chi connectivity index (χ3n) is 4.70. The molecule has 2 aromatic carbocycles. The number of carbonyl (C=O) groups excluding carboxylic acids is 3. The van der Waals surface area contributed by atoms with E-state index in [1.54, 1.807) is 36.4 Å². The third kappa shape index (κ3) is 5.37. The van der Waals surface area contributed by atoms with E-state index in [4.69, 9.17) is 18.9 Å². The number of hydrogen-bond acceptors (Lipinski definition) is 7. The first-order valence-corrected chi connectivity index (χ1v) is 9.74. The Kier molecular flexibility index (Phi) is 7.06. The molecule has 0 aliphatic carbocycles. The molecular weight excluding hydrogens is 388 g/mol. The van der Waals surface area contributed by atoms with Crippen molar-refractivity contribution >= 4 is 17.5 Å². The fourth-order valence-electron chi connectivity index (χ4n) is 3.04. The average molecular weight is 412 g/mol. The maximum atomic E-state index is 12.5. The number of methoxy groups -OCH3 is 1. The lowest BCUT2D eigenvalue weighted by Crippen LogP contribution is -2.09. The van der Waals surface area contributed by atoms with E-state index in [1.165, 1.54) is 14.0 Å². The van der Waals surface area contributed by atoms with Gasteiger partial charge in [-0.1, -0.05) is 0 Å². The van der Waals surface area contributed by atoms with E-state index in [0.717, 1.165) is 6.42 Å². The zero-order chi connectivity index (χ0) is 21.5. The second kappa shape index (κ2) is 9.91. The number of Topliss-reactive ketones (excluding diaryl/α,β-unsaturated/α-hetero) is 2. The standard InChI is InChI=1S/C23H24O7/c1-15(24)16-4-7-20(27-2)18(12-16)14-30-23(26)9-6-19(25)17-5-8-21-22(13-17)29-11-3-10-28-21/h4-5,7-8,12-13H,3,6,9-11,14H2,1-2H3. The molecule has 7 heteroatoms. The van der Waals surface area contributed by atoms with Crippen molar-refractivity contribution in [2.45, 2.75) is 32.8 Å². The molecule has 3 rings (SSSR count). The summed E-state index contributed by atoms with van der Waals surface area (Å²) in [5, 5.41) is 0. The predicted octanol–water partition coefficient (Wildman–Crippen LogP) is 3.77. The molecule has 158 valence electrons. The van der Waals surface area contributed by atoms with Gasteiger partial charge in [0.25, 0.3) is 0 Å². The van der Waals surface area contributed by atoms with Gasteiger partial charge in [0.05, 0.1) is 26.7 Å². The Balaban J connectivity index is 1.55. The lowest BCUT2D eigenvalue weighted by Gasteiger charge is -2.11. The minimum Gasteiger partial charge on any atom is -0.496 e. The van der Waals surface area contributed by atoms with Crippen LogP contribution < -0.4 is 14.2 Å². The molecule has 0 saturated carbocycles. The molecule has 0 radical (unpaired) electrons. The first-order chi connectivity index (χ1) is 14.5. The summed E-state index contributed by atoms with van der Waals surface area (Å²) in [7, 11) is 1.50. The average Bonchev–Trinajstić information content (AvgIpc) is 3.00. The van der Waals surface area contributed by atoms with Gasteiger partial charge in [0, 0.05) is 29.5 Å². The van der Waals surface area contributed by atoms with Crippen molar-refractivity contribution in [1.29, 1.82) is 0 Å². The molecule has 7 nitrogen and oxygen atoms in total. The Morgan fingerprint density at radius 2 is 1.67 bits per heavy atom. The zero-order valence-electron chi connectivity index (χ0n) is 17.1. The van der Waals surface area contributed by atoms with E-state index in [-0.39, 0.29) is 31.0 Å². The Labute approximate surface area is 174 Å². The van der Waals surface area contributed by atoms with E-state index in [2.05, 4.69) is 0 Å². The van der Waals surface area contributed by atoms with Gasteiger partial charge in [-0.3, -0.25) is 14.4 Å². The van der Waals surface area contributed by atoms with Gasteiger partial charge in [-0.05, 0) is 43.3 Å². The predicted molar refractivity (Wildman–Crippen MR) is 108 cm³/mol. The highest BCUT2D eigenvalue weighted by molar-refractivity contribution is 5.98. The zero-order valence-corrected chi connectivity index (χ0v) is 17.1. The van der Waals surface area contributed by atoms with Crippen LogP contribution in [0.25, 0.3) is 0 Å². The monoisotopic (exact) mass is 412 g/mol. The number of carbonyl (C=O) groups is 3. The Morgan fingerprint density at radius 3 is 2.40 bits per heavy atom. The van der Waals surface area contributed by atoms with Crippen molar-refractivity contribution in [2.75, 3.05) is 20.3 Å². The fourth-order valence-corrected chi connectivity index (χ4v) is 3.04. The minimum absolute atomic E-state index is 0.0170. The number of hydrogen-bond donors (Lipinski definition) is 0. The summed E-state index contributed by atoms with van der Waals surface area (Å²) in [6, 6.07) is 9.97. The van der Waals surface area contributed by atoms with Gasteiger partial charge >= 0.3 is 5.97 Å². The first kappa shape index (κ1) is 21.4. The molecule has 0 aromatic heterocycles. The Morgan fingerprint density at radius 1 is 0.933 bits per heavy atom. The maximum Gasteiger partial charge on any atom is 0.306 e. The lowest BCUT2D eigenvalue weighted by atomic mass is 10.1. The van der Waals surface area contributed by atoms with Gasteiger partial charge in [0.1, 0.15) is 12.4 Å². The van der Waals surface area contributed by atoms with E-state index in [9.17, 15) is 14.4 Å². The van der Waals surface area contributed by atoms with E-state index >= 15 is 0 Å². The molecule has 0 bridgehead atoms. The van der Waals surface area contributed by atoms with Crippen LogP contribution >= 0.6 is 0 Å². The Bertz CT molecular complexity index is 949. The normalized spacial score (nSPS) is 12.6. The van der Waals surface area contributed by atoms with Crippen LogP contribution in [0.5, 0.6) is 17.2 Å². The summed E-state index contributed by atoms with van der Waals surface area (Å²) in [6.45, 7) is 2.53. The van der Waals surface area contributed by atoms with Gasteiger partial charge in [-0.25, -0.2) is 0 Å². The fraction of sp³-hybridized carbons (Fsp3) is 0.348. The minimum atomic E-state index is -0.507. The van der Waals surface area contributed by atoms with E-state index in [0.29, 0.717) is 47.2 Å². The van der Waals surface area contributed by atoms with Gasteiger partial charge in [0.2, 0.25) is 0 Å². The van der Waals surface area contributed by atoms with E-state index in [1.807, 2.05) is 0 Å². The molecule has 1 aliphatic heterocycles. The summed E-state index contributed by atoms with van der Waals surface area (Å²) < 4.78 is 21.7. The summed E-state index contributed by atoms with van der Waals surface area (Å²) in [4.78, 5) is 36.1. The van der Waals surface area contributed by atoms with Crippen LogP contribution in [0.3, 0.4) is 0 Å². The van der Waals surface area contributed by atoms with Gasteiger partial charge in [-0.2, -0.15) is 0 Å². The largest absolute Gasteiger partial charge is 0.496 e. The molecule has 30 heavy (non-hydrogen) atoms. The smallest absolute Gasteiger partial charge is 0.306 e. The first-order valence-electron chi connectivity index (χ1n) is 9.74. The number of fused-ring (bicyclic) bond motifs is 1. The summed E-state index contributed by atoms with van der Waals surface area (Å²) in [5.74, 6) is 0.900. The molecule has 1 heterocycles. The number of ketones is 2. The van der Waals surface area contributed by atoms with Crippen molar-refractivity contribution in [2.24, 2.45) is 0 Å². The van der Waals surface area contributed by atoms with Gasteiger partial charge < -0.3 is 18.9 Å². The third-order valence-corrected chi connectivity index (χ3v) is 4.70. The number of esters is 1. The van der Waals surface area contributed by atoms with Gasteiger partial charge in [-0.15, -0.1) is 0 Å². The van der Waals surface area contributed by atoms with Crippen LogP contribution in [0.4, 0.5) is 0 Å². The molecular formula is C23H24O7. The van der Waals surface area contributed by atoms with Crippen LogP contribution in [0, 0.1) is 0 Å². The number of ether oxygens (including phenoxy) is 4. The van der Waals surface area contributed by atoms with Gasteiger partial charge in [0.15, 0.2) is 23.1 Å². The lowest BCUT2D eigenvalue weighted by molar-refractivity contribution is -0.144. The Hall–Kier alpha value is -3.35. The highest BCUT2D eigenvalue weighted by Gasteiger charge is 2.16. The highest BCUT2D eigenvalue weighted by atomic mass is 16.5. The van der Waals surface area contributed by atoms with E-state index < -0.39 is 5.97 Å². The number of benzene rings is 2. The van der Waals surface area contributed by atoms with Crippen LogP contribution in [0.1, 0.15) is 52.5 Å². The molecule has 0 spiro atoms. The molecule has 2 aromatic rings. The van der Waals surface area contributed by atoms with Crippen LogP contribution in [0.15, 0.2) is 36.4 Å². The van der Waals surface area contributed by atoms with Crippen molar-refractivity contribution in [3.05, 3.63) is 53.1 Å². The van der Waals surface area contributed by atoms with Crippen LogP contribution in [0.2, 0.25) is 0 Å². The second-order valence-corrected chi connectivity index (χ2v) is 6.88. The quantitative estimate of drug-likeness (QED) is 0.482. The topological polar surface area (TPSA) is 88.1 Å². The van der Waals surface area contributed by atoms with Crippen molar-refractivity contribution in [3.63, 3.8) is 0 Å². The molecule has 0 N–H and O–H groups in total. The molecule has 0 fully saturated rings. The van der Waals surface area contributed by atoms with Crippen LogP contribution in [-0.2, 0) is 16.1 Å². The SMILES string of the molecule is COc1ccc(C(C)=O)cc1COC(=O)CCC(=O)c1ccc2c(c1)OCCCO2.